The Morgan fingerprint density at radius 3 is 2.59 bits per heavy atom. The number of H-pyrrole nitrogens is 1. The first kappa shape index (κ1) is 23.7. The van der Waals surface area contributed by atoms with Crippen molar-refractivity contribution in [1.82, 2.24) is 15.1 Å². The highest BCUT2D eigenvalue weighted by Gasteiger charge is 2.42. The molecule has 7 nitrogen and oxygen atoms in total. The molecular weight excluding hydrogens is 430 g/mol. The summed E-state index contributed by atoms with van der Waals surface area (Å²) < 4.78 is 11.6. The highest BCUT2D eigenvalue weighted by Crippen LogP contribution is 2.46. The lowest BCUT2D eigenvalue weighted by Crippen LogP contribution is -2.30. The molecule has 2 N–H and O–H groups in total. The fourth-order valence-electron chi connectivity index (χ4n) is 4.76. The number of hydrogen-bond acceptors (Lipinski definition) is 5. The van der Waals surface area contributed by atoms with E-state index in [1.54, 1.807) is 13.2 Å². The Morgan fingerprint density at radius 1 is 1.12 bits per heavy atom. The van der Waals surface area contributed by atoms with E-state index in [-0.39, 0.29) is 17.7 Å². The summed E-state index contributed by atoms with van der Waals surface area (Å²) in [5, 5.41) is 18.3. The molecule has 1 atom stereocenters. The van der Waals surface area contributed by atoms with Gasteiger partial charge in [0.1, 0.15) is 17.1 Å². The van der Waals surface area contributed by atoms with Crippen molar-refractivity contribution in [2.24, 2.45) is 0 Å². The molecule has 0 radical (unpaired) electrons. The summed E-state index contributed by atoms with van der Waals surface area (Å²) in [6.45, 7) is 9.29. The average molecular weight is 464 g/mol. The summed E-state index contributed by atoms with van der Waals surface area (Å²) in [4.78, 5) is 15.2. The van der Waals surface area contributed by atoms with Gasteiger partial charge in [0.2, 0.25) is 0 Å². The Labute approximate surface area is 200 Å². The minimum Gasteiger partial charge on any atom is -0.507 e. The van der Waals surface area contributed by atoms with Crippen LogP contribution in [0.3, 0.4) is 0 Å². The molecule has 0 spiro atoms. The van der Waals surface area contributed by atoms with Crippen LogP contribution in [0, 0.1) is 13.8 Å². The Morgan fingerprint density at radius 2 is 1.91 bits per heavy atom. The van der Waals surface area contributed by atoms with Crippen LogP contribution in [0.4, 0.5) is 0 Å². The third-order valence-electron chi connectivity index (χ3n) is 6.28. The lowest BCUT2D eigenvalue weighted by Gasteiger charge is -2.27. The quantitative estimate of drug-likeness (QED) is 0.407. The minimum atomic E-state index is -0.352. The van der Waals surface area contributed by atoms with Crippen LogP contribution in [0.25, 0.3) is 11.3 Å². The zero-order valence-corrected chi connectivity index (χ0v) is 20.6. The van der Waals surface area contributed by atoms with E-state index < -0.39 is 0 Å². The number of fused-ring (bicyclic) bond motifs is 1. The summed E-state index contributed by atoms with van der Waals surface area (Å²) in [7, 11) is 1.62. The Hall–Kier alpha value is -3.48. The molecule has 0 fully saturated rings. The van der Waals surface area contributed by atoms with Gasteiger partial charge in [0.05, 0.1) is 19.8 Å². The number of aromatic amines is 1. The van der Waals surface area contributed by atoms with Gasteiger partial charge in [-0.05, 0) is 61.6 Å². The zero-order valence-electron chi connectivity index (χ0n) is 20.6. The molecule has 34 heavy (non-hydrogen) atoms. The third kappa shape index (κ3) is 4.11. The number of carbonyl (C=O) groups excluding carboxylic acids is 1. The predicted octanol–water partition coefficient (Wildman–Crippen LogP) is 5.54. The molecule has 1 aromatic heterocycles. The second-order valence-corrected chi connectivity index (χ2v) is 8.85. The van der Waals surface area contributed by atoms with Gasteiger partial charge in [-0.3, -0.25) is 9.89 Å². The monoisotopic (exact) mass is 463 g/mol. The molecule has 0 saturated carbocycles. The van der Waals surface area contributed by atoms with Crippen molar-refractivity contribution in [3.05, 3.63) is 58.3 Å². The number of phenolic OH excluding ortho intramolecular Hbond substituents is 1. The first-order valence-corrected chi connectivity index (χ1v) is 11.9. The predicted molar refractivity (Wildman–Crippen MR) is 132 cm³/mol. The van der Waals surface area contributed by atoms with Gasteiger partial charge < -0.3 is 19.5 Å². The number of methoxy groups -OCH3 is 1. The summed E-state index contributed by atoms with van der Waals surface area (Å²) >= 11 is 0. The largest absolute Gasteiger partial charge is 0.507 e. The number of rotatable bonds is 9. The average Bonchev–Trinajstić information content (AvgIpc) is 3.33. The number of nitrogens with one attached hydrogen (secondary N) is 1. The second kappa shape index (κ2) is 9.79. The van der Waals surface area contributed by atoms with E-state index in [4.69, 9.17) is 9.47 Å². The highest BCUT2D eigenvalue weighted by molar-refractivity contribution is 6.00. The van der Waals surface area contributed by atoms with Gasteiger partial charge in [-0.2, -0.15) is 5.10 Å². The maximum absolute atomic E-state index is 13.4. The van der Waals surface area contributed by atoms with E-state index in [0.717, 1.165) is 41.5 Å². The molecule has 0 bridgehead atoms. The maximum atomic E-state index is 13.4. The van der Waals surface area contributed by atoms with E-state index in [0.29, 0.717) is 41.6 Å². The van der Waals surface area contributed by atoms with Crippen molar-refractivity contribution >= 4 is 5.91 Å². The van der Waals surface area contributed by atoms with Crippen molar-refractivity contribution in [2.75, 3.05) is 20.3 Å². The summed E-state index contributed by atoms with van der Waals surface area (Å²) in [6.07, 6.45) is 2.83. The molecule has 2 aromatic carbocycles. The topological polar surface area (TPSA) is 87.7 Å². The van der Waals surface area contributed by atoms with E-state index in [9.17, 15) is 9.90 Å². The second-order valence-electron chi connectivity index (χ2n) is 8.85. The fraction of sp³-hybridized carbons (Fsp3) is 0.407. The number of aromatic hydroxyl groups is 1. The Bertz CT molecular complexity index is 1180. The molecule has 0 saturated heterocycles. The minimum absolute atomic E-state index is 0.0907. The number of hydrogen-bond donors (Lipinski definition) is 2. The summed E-state index contributed by atoms with van der Waals surface area (Å²) in [5.41, 5.74) is 5.28. The summed E-state index contributed by atoms with van der Waals surface area (Å²) in [6, 6.07) is 9.22. The third-order valence-corrected chi connectivity index (χ3v) is 6.28. The van der Waals surface area contributed by atoms with Gasteiger partial charge >= 0.3 is 0 Å². The van der Waals surface area contributed by atoms with E-state index >= 15 is 0 Å². The van der Waals surface area contributed by atoms with Crippen LogP contribution in [0.2, 0.25) is 0 Å². The van der Waals surface area contributed by atoms with Gasteiger partial charge in [-0.1, -0.05) is 32.4 Å². The highest BCUT2D eigenvalue weighted by atomic mass is 16.5. The molecule has 1 aliphatic heterocycles. The van der Waals surface area contributed by atoms with Gasteiger partial charge in [-0.25, -0.2) is 0 Å². The van der Waals surface area contributed by atoms with E-state index in [1.165, 1.54) is 0 Å². The van der Waals surface area contributed by atoms with Crippen LogP contribution in [0.15, 0.2) is 30.3 Å². The smallest absolute Gasteiger partial charge is 0.273 e. The number of ether oxygens (including phenoxy) is 2. The maximum Gasteiger partial charge on any atom is 0.273 e. The zero-order chi connectivity index (χ0) is 24.4. The van der Waals surface area contributed by atoms with Crippen LogP contribution >= 0.6 is 0 Å². The number of aromatic nitrogens is 2. The molecule has 7 heteroatoms. The van der Waals surface area contributed by atoms with Crippen molar-refractivity contribution in [2.45, 2.75) is 53.0 Å². The molecule has 1 unspecified atom stereocenters. The van der Waals surface area contributed by atoms with E-state index in [2.05, 4.69) is 24.0 Å². The van der Waals surface area contributed by atoms with Crippen LogP contribution in [0.1, 0.15) is 71.9 Å². The number of carbonyl (C=O) groups is 1. The molecule has 4 rings (SSSR count). The summed E-state index contributed by atoms with van der Waals surface area (Å²) in [5.74, 6) is 1.38. The first-order valence-electron chi connectivity index (χ1n) is 11.9. The van der Waals surface area contributed by atoms with Gasteiger partial charge in [0.15, 0.2) is 11.5 Å². The molecule has 3 aromatic rings. The van der Waals surface area contributed by atoms with Crippen molar-refractivity contribution in [1.29, 1.82) is 0 Å². The molecule has 1 aliphatic rings. The lowest BCUT2D eigenvalue weighted by atomic mass is 9.93. The number of phenols is 1. The number of nitrogens with zero attached hydrogens (tertiary/aromatic N) is 2. The van der Waals surface area contributed by atoms with Crippen LogP contribution < -0.4 is 9.47 Å². The molecular formula is C27H33N3O4. The van der Waals surface area contributed by atoms with Crippen molar-refractivity contribution in [3.63, 3.8) is 0 Å². The van der Waals surface area contributed by atoms with Crippen LogP contribution in [-0.2, 0) is 0 Å². The number of aryl methyl sites for hydroxylation is 2. The molecule has 1 amide bonds. The Balaban J connectivity index is 1.84. The fourth-order valence-corrected chi connectivity index (χ4v) is 4.76. The Kier molecular flexibility index (Phi) is 6.82. The standard InChI is InChI=1S/C27H33N3O4/c1-6-8-12-34-20-10-9-18(15-21(20)33-5)26-23-24(22-17(4)13-16(3)14-19(22)31)28-29-25(23)27(32)30(26)11-7-2/h9-10,13-15,26,31H,6-8,11-12H2,1-5H3,(H,28,29). The normalized spacial score (nSPS) is 15.0. The van der Waals surface area contributed by atoms with Gasteiger partial charge in [0.25, 0.3) is 5.91 Å². The number of benzene rings is 2. The SMILES string of the molecule is CCCCOc1ccc(C2c3c(-c4c(C)cc(C)cc4O)n[nH]c3C(=O)N2CCC)cc1OC. The van der Waals surface area contributed by atoms with Gasteiger partial charge in [-0.15, -0.1) is 0 Å². The van der Waals surface area contributed by atoms with Crippen molar-refractivity contribution in [3.8, 4) is 28.5 Å². The van der Waals surface area contributed by atoms with Crippen molar-refractivity contribution < 1.29 is 19.4 Å². The number of unbranched alkanes of at least 4 members (excludes halogenated alkanes) is 1. The molecule has 0 aliphatic carbocycles. The molecule has 2 heterocycles. The van der Waals surface area contributed by atoms with Crippen LogP contribution in [-0.4, -0.2) is 46.4 Å². The first-order chi connectivity index (χ1) is 16.4. The van der Waals surface area contributed by atoms with E-state index in [1.807, 2.05) is 43.0 Å². The molecule has 180 valence electrons. The van der Waals surface area contributed by atoms with Gasteiger partial charge in [0, 0.05) is 17.7 Å². The lowest BCUT2D eigenvalue weighted by molar-refractivity contribution is 0.0743. The van der Waals surface area contributed by atoms with Crippen LogP contribution in [0.5, 0.6) is 17.2 Å². The number of amides is 1.